The minimum atomic E-state index is 0.689. The molecule has 2 aromatic carbocycles. The number of ether oxygens (including phenoxy) is 1. The Morgan fingerprint density at radius 2 is 1.81 bits per heavy atom. The highest BCUT2D eigenvalue weighted by Gasteiger charge is 2.07. The molecule has 0 N–H and O–H groups in total. The summed E-state index contributed by atoms with van der Waals surface area (Å²) in [6.07, 6.45) is 3.68. The molecule has 0 aromatic heterocycles. The fraction of sp³-hybridized carbons (Fsp3) is 0.263. The molecule has 0 saturated carbocycles. The Bertz CT molecular complexity index is 614. The summed E-state index contributed by atoms with van der Waals surface area (Å²) in [5.74, 6) is 0.906. The van der Waals surface area contributed by atoms with Crippen molar-refractivity contribution >= 4 is 17.7 Å². The number of hydrogen-bond acceptors (Lipinski definition) is 1. The van der Waals surface area contributed by atoms with Gasteiger partial charge in [-0.25, -0.2) is 0 Å². The first-order valence-electron chi connectivity index (χ1n) is 7.33. The van der Waals surface area contributed by atoms with E-state index in [9.17, 15) is 0 Å². The van der Waals surface area contributed by atoms with E-state index < -0.39 is 0 Å². The molecule has 0 unspecified atom stereocenters. The van der Waals surface area contributed by atoms with Gasteiger partial charge in [0.2, 0.25) is 0 Å². The quantitative estimate of drug-likeness (QED) is 0.681. The van der Waals surface area contributed by atoms with Gasteiger partial charge in [0.15, 0.2) is 0 Å². The number of aryl methyl sites for hydroxylation is 1. The minimum Gasteiger partial charge on any atom is -0.494 e. The van der Waals surface area contributed by atoms with Gasteiger partial charge in [-0.2, -0.15) is 0 Å². The van der Waals surface area contributed by atoms with Crippen molar-refractivity contribution in [1.82, 2.24) is 0 Å². The van der Waals surface area contributed by atoms with Crippen LogP contribution in [0.15, 0.2) is 43.0 Å². The highest BCUT2D eigenvalue weighted by molar-refractivity contribution is 6.31. The number of rotatable bonds is 6. The van der Waals surface area contributed by atoms with Gasteiger partial charge in [-0.15, -0.1) is 0 Å². The summed E-state index contributed by atoms with van der Waals surface area (Å²) in [5, 5.41) is 0.802. The molecule has 0 spiro atoms. The fourth-order valence-corrected chi connectivity index (χ4v) is 2.65. The Morgan fingerprint density at radius 1 is 1.10 bits per heavy atom. The Balaban J connectivity index is 2.24. The van der Waals surface area contributed by atoms with Crippen molar-refractivity contribution in [2.45, 2.75) is 26.7 Å². The molecule has 2 heteroatoms. The molecule has 0 aliphatic carbocycles. The van der Waals surface area contributed by atoms with E-state index in [4.69, 9.17) is 16.3 Å². The number of benzene rings is 2. The van der Waals surface area contributed by atoms with Crippen molar-refractivity contribution in [3.63, 3.8) is 0 Å². The van der Waals surface area contributed by atoms with Crippen molar-refractivity contribution in [2.75, 3.05) is 6.61 Å². The molecule has 2 rings (SSSR count). The Labute approximate surface area is 132 Å². The number of hydrogen-bond donors (Lipinski definition) is 0. The highest BCUT2D eigenvalue weighted by atomic mass is 35.5. The SMILES string of the molecule is C=Cc1cc(Cl)c(Cc2ccc(OCC)cc2)cc1CC. The first kappa shape index (κ1) is 15.7. The molecule has 0 aliphatic rings. The summed E-state index contributed by atoms with van der Waals surface area (Å²) in [7, 11) is 0. The molecule has 0 bridgehead atoms. The maximum Gasteiger partial charge on any atom is 0.119 e. The summed E-state index contributed by atoms with van der Waals surface area (Å²) >= 11 is 6.40. The van der Waals surface area contributed by atoms with E-state index >= 15 is 0 Å². The first-order valence-corrected chi connectivity index (χ1v) is 7.71. The molecule has 0 amide bonds. The molecule has 0 aliphatic heterocycles. The molecule has 0 saturated heterocycles. The van der Waals surface area contributed by atoms with E-state index in [1.165, 1.54) is 11.1 Å². The van der Waals surface area contributed by atoms with E-state index in [-0.39, 0.29) is 0 Å². The molecule has 110 valence electrons. The maximum atomic E-state index is 6.40. The van der Waals surface area contributed by atoms with Gasteiger partial charge in [-0.05, 0) is 60.2 Å². The Kier molecular flexibility index (Phi) is 5.46. The van der Waals surface area contributed by atoms with Crippen molar-refractivity contribution in [3.05, 3.63) is 70.3 Å². The van der Waals surface area contributed by atoms with Gasteiger partial charge in [-0.3, -0.25) is 0 Å². The fourth-order valence-electron chi connectivity index (χ4n) is 2.41. The molecular formula is C19H21ClO. The van der Waals surface area contributed by atoms with Crippen LogP contribution in [0, 0.1) is 0 Å². The van der Waals surface area contributed by atoms with Crippen molar-refractivity contribution < 1.29 is 4.74 Å². The molecule has 1 nitrogen and oxygen atoms in total. The zero-order chi connectivity index (χ0) is 15.2. The normalized spacial score (nSPS) is 10.4. The molecule has 2 aromatic rings. The summed E-state index contributed by atoms with van der Waals surface area (Å²) in [6.45, 7) is 8.67. The van der Waals surface area contributed by atoms with Crippen LogP contribution in [-0.2, 0) is 12.8 Å². The zero-order valence-electron chi connectivity index (χ0n) is 12.7. The second-order valence-electron chi connectivity index (χ2n) is 4.95. The van der Waals surface area contributed by atoms with Crippen LogP contribution in [0.25, 0.3) is 6.08 Å². The average molecular weight is 301 g/mol. The van der Waals surface area contributed by atoms with Crippen LogP contribution < -0.4 is 4.74 Å². The molecule has 21 heavy (non-hydrogen) atoms. The van der Waals surface area contributed by atoms with Crippen molar-refractivity contribution in [2.24, 2.45) is 0 Å². The predicted molar refractivity (Wildman–Crippen MR) is 91.3 cm³/mol. The van der Waals surface area contributed by atoms with E-state index in [1.807, 2.05) is 31.2 Å². The highest BCUT2D eigenvalue weighted by Crippen LogP contribution is 2.26. The van der Waals surface area contributed by atoms with E-state index in [0.29, 0.717) is 6.61 Å². The van der Waals surface area contributed by atoms with Gasteiger partial charge in [0.1, 0.15) is 5.75 Å². The van der Waals surface area contributed by atoms with Crippen LogP contribution in [0.2, 0.25) is 5.02 Å². The van der Waals surface area contributed by atoms with Crippen LogP contribution in [0.1, 0.15) is 36.1 Å². The lowest BCUT2D eigenvalue weighted by molar-refractivity contribution is 0.340. The molecular weight excluding hydrogens is 280 g/mol. The maximum absolute atomic E-state index is 6.40. The molecule has 0 atom stereocenters. The van der Waals surface area contributed by atoms with E-state index in [1.54, 1.807) is 0 Å². The second-order valence-corrected chi connectivity index (χ2v) is 5.36. The lowest BCUT2D eigenvalue weighted by Gasteiger charge is -2.11. The van der Waals surface area contributed by atoms with Crippen molar-refractivity contribution in [3.8, 4) is 5.75 Å². The van der Waals surface area contributed by atoms with E-state index in [0.717, 1.165) is 34.7 Å². The predicted octanol–water partition coefficient (Wildman–Crippen LogP) is 5.53. The van der Waals surface area contributed by atoms with Crippen LogP contribution in [0.5, 0.6) is 5.75 Å². The topological polar surface area (TPSA) is 9.23 Å². The number of halogens is 1. The van der Waals surface area contributed by atoms with Gasteiger partial charge in [0.25, 0.3) is 0 Å². The third-order valence-corrected chi connectivity index (χ3v) is 3.89. The monoisotopic (exact) mass is 300 g/mol. The zero-order valence-corrected chi connectivity index (χ0v) is 13.4. The summed E-state index contributed by atoms with van der Waals surface area (Å²) in [5.41, 5.74) is 4.80. The molecule has 0 fully saturated rings. The second kappa shape index (κ2) is 7.33. The van der Waals surface area contributed by atoms with Crippen LogP contribution in [0.4, 0.5) is 0 Å². The average Bonchev–Trinajstić information content (AvgIpc) is 2.51. The third-order valence-electron chi connectivity index (χ3n) is 3.54. The van der Waals surface area contributed by atoms with Crippen LogP contribution in [-0.4, -0.2) is 6.61 Å². The first-order chi connectivity index (χ1) is 10.2. The Hall–Kier alpha value is -1.73. The van der Waals surface area contributed by atoms with Gasteiger partial charge >= 0.3 is 0 Å². The third kappa shape index (κ3) is 3.89. The summed E-state index contributed by atoms with van der Waals surface area (Å²) < 4.78 is 5.46. The van der Waals surface area contributed by atoms with Gasteiger partial charge < -0.3 is 4.74 Å². The smallest absolute Gasteiger partial charge is 0.119 e. The molecule has 0 radical (unpaired) electrons. The molecule has 0 heterocycles. The minimum absolute atomic E-state index is 0.689. The standard InChI is InChI=1S/C19H21ClO/c1-4-15-12-17(19(20)13-16(15)5-2)11-14-7-9-18(10-8-14)21-6-3/h5,7-10,12-13H,2,4,6,11H2,1,3H3. The van der Waals surface area contributed by atoms with E-state index in [2.05, 4.69) is 31.7 Å². The largest absolute Gasteiger partial charge is 0.494 e. The van der Waals surface area contributed by atoms with Gasteiger partial charge in [0.05, 0.1) is 6.61 Å². The lowest BCUT2D eigenvalue weighted by atomic mass is 9.97. The summed E-state index contributed by atoms with van der Waals surface area (Å²) in [6, 6.07) is 12.4. The van der Waals surface area contributed by atoms with Crippen molar-refractivity contribution in [1.29, 1.82) is 0 Å². The van der Waals surface area contributed by atoms with Crippen LogP contribution >= 0.6 is 11.6 Å². The summed E-state index contributed by atoms with van der Waals surface area (Å²) in [4.78, 5) is 0. The van der Waals surface area contributed by atoms with Crippen LogP contribution in [0.3, 0.4) is 0 Å². The lowest BCUT2D eigenvalue weighted by Crippen LogP contribution is -1.96. The van der Waals surface area contributed by atoms with Gasteiger partial charge in [0, 0.05) is 5.02 Å². The van der Waals surface area contributed by atoms with Gasteiger partial charge in [-0.1, -0.05) is 49.4 Å². The Morgan fingerprint density at radius 3 is 2.38 bits per heavy atom.